The highest BCUT2D eigenvalue weighted by Gasteiger charge is 2.09. The molecule has 3 nitrogen and oxygen atoms in total. The number of rotatable bonds is 1. The Bertz CT molecular complexity index is 595. The van der Waals surface area contributed by atoms with E-state index in [1.165, 1.54) is 12.1 Å². The Morgan fingerprint density at radius 3 is 2.75 bits per heavy atom. The molecule has 0 fully saturated rings. The number of nitrogens with one attached hydrogen (secondary N) is 1. The van der Waals surface area contributed by atoms with Crippen molar-refractivity contribution in [2.24, 2.45) is 0 Å². The lowest BCUT2D eigenvalue weighted by atomic mass is 10.2. The van der Waals surface area contributed by atoms with Gasteiger partial charge >= 0.3 is 5.78 Å². The lowest BCUT2D eigenvalue weighted by Crippen LogP contribution is -2.17. The quantitative estimate of drug-likeness (QED) is 0.617. The summed E-state index contributed by atoms with van der Waals surface area (Å²) in [5, 5.41) is 0. The van der Waals surface area contributed by atoms with E-state index >= 15 is 0 Å². The van der Waals surface area contributed by atoms with Crippen LogP contribution in [0.15, 0.2) is 48.9 Å². The molecule has 78 valence electrons. The number of nitrogens with zero attached hydrogens (tertiary/aromatic N) is 2. The van der Waals surface area contributed by atoms with Gasteiger partial charge in [-0.3, -0.25) is 0 Å². The molecule has 3 aromatic rings. The molecule has 0 aliphatic rings. The highest BCUT2D eigenvalue weighted by atomic mass is 19.1. The highest BCUT2D eigenvalue weighted by molar-refractivity contribution is 5.58. The molecular weight excluding hydrogens is 205 g/mol. The zero-order chi connectivity index (χ0) is 11.0. The van der Waals surface area contributed by atoms with Gasteiger partial charge in [0.1, 0.15) is 23.9 Å². The summed E-state index contributed by atoms with van der Waals surface area (Å²) in [5.74, 6) is 0.535. The fourth-order valence-electron chi connectivity index (χ4n) is 1.65. The third-order valence-electron chi connectivity index (χ3n) is 2.44. The minimum atomic E-state index is -0.231. The van der Waals surface area contributed by atoms with Gasteiger partial charge in [0.05, 0.1) is 6.20 Å². The van der Waals surface area contributed by atoms with Crippen LogP contribution in [0.2, 0.25) is 0 Å². The summed E-state index contributed by atoms with van der Waals surface area (Å²) in [6.07, 6.45) is 5.56. The molecule has 0 unspecified atom stereocenters. The number of fused-ring (bicyclic) bond motifs is 1. The molecule has 0 radical (unpaired) electrons. The van der Waals surface area contributed by atoms with Crippen LogP contribution in [0.25, 0.3) is 17.0 Å². The van der Waals surface area contributed by atoms with E-state index in [-0.39, 0.29) is 5.82 Å². The maximum absolute atomic E-state index is 12.8. The third-order valence-corrected chi connectivity index (χ3v) is 2.44. The first-order valence-corrected chi connectivity index (χ1v) is 4.94. The summed E-state index contributed by atoms with van der Waals surface area (Å²) in [5.41, 5.74) is 1.85. The molecular formula is C12H9FN3+. The van der Waals surface area contributed by atoms with Gasteiger partial charge in [-0.1, -0.05) is 4.98 Å². The van der Waals surface area contributed by atoms with Crippen molar-refractivity contribution in [1.82, 2.24) is 9.97 Å². The summed E-state index contributed by atoms with van der Waals surface area (Å²) in [6.45, 7) is 0. The summed E-state index contributed by atoms with van der Waals surface area (Å²) in [6, 6.07) is 8.22. The molecule has 0 atom stereocenters. The second-order valence-electron chi connectivity index (χ2n) is 3.53. The SMILES string of the molecule is Fc1ccc(-c2c[n+]3cccnc3[nH]2)cc1. The predicted molar refractivity (Wildman–Crippen MR) is 57.1 cm³/mol. The van der Waals surface area contributed by atoms with Crippen molar-refractivity contribution in [3.05, 3.63) is 54.7 Å². The molecule has 2 aromatic heterocycles. The van der Waals surface area contributed by atoms with Crippen LogP contribution >= 0.6 is 0 Å². The van der Waals surface area contributed by atoms with Crippen molar-refractivity contribution in [2.45, 2.75) is 0 Å². The van der Waals surface area contributed by atoms with Gasteiger partial charge in [0, 0.05) is 11.6 Å². The van der Waals surface area contributed by atoms with E-state index in [1.54, 1.807) is 18.3 Å². The van der Waals surface area contributed by atoms with Crippen molar-refractivity contribution in [2.75, 3.05) is 0 Å². The fourth-order valence-corrected chi connectivity index (χ4v) is 1.65. The average Bonchev–Trinajstić information content (AvgIpc) is 2.73. The number of halogens is 1. The van der Waals surface area contributed by atoms with Crippen molar-refractivity contribution in [3.63, 3.8) is 0 Å². The molecule has 0 saturated carbocycles. The van der Waals surface area contributed by atoms with E-state index in [9.17, 15) is 4.39 Å². The van der Waals surface area contributed by atoms with Crippen LogP contribution in [0, 0.1) is 5.82 Å². The lowest BCUT2D eigenvalue weighted by Gasteiger charge is -1.92. The molecule has 0 spiro atoms. The van der Waals surface area contributed by atoms with Gasteiger partial charge in [0.25, 0.3) is 0 Å². The van der Waals surface area contributed by atoms with Crippen molar-refractivity contribution in [1.29, 1.82) is 0 Å². The molecule has 0 bridgehead atoms. The summed E-state index contributed by atoms with van der Waals surface area (Å²) in [4.78, 5) is 7.34. The van der Waals surface area contributed by atoms with Crippen LogP contribution in [0.3, 0.4) is 0 Å². The number of hydrogen-bond donors (Lipinski definition) is 1. The van der Waals surface area contributed by atoms with Crippen molar-refractivity contribution < 1.29 is 8.79 Å². The van der Waals surface area contributed by atoms with Crippen molar-refractivity contribution >= 4 is 5.78 Å². The Labute approximate surface area is 91.2 Å². The fraction of sp³-hybridized carbons (Fsp3) is 0. The van der Waals surface area contributed by atoms with Gasteiger partial charge < -0.3 is 0 Å². The van der Waals surface area contributed by atoms with E-state index in [0.29, 0.717) is 0 Å². The minimum absolute atomic E-state index is 0.231. The van der Waals surface area contributed by atoms with Crippen LogP contribution in [-0.4, -0.2) is 9.97 Å². The van der Waals surface area contributed by atoms with E-state index in [1.807, 2.05) is 22.9 Å². The molecule has 0 amide bonds. The van der Waals surface area contributed by atoms with E-state index in [4.69, 9.17) is 0 Å². The molecule has 0 saturated heterocycles. The number of imidazole rings is 1. The Morgan fingerprint density at radius 1 is 1.19 bits per heavy atom. The Hall–Kier alpha value is -2.23. The Morgan fingerprint density at radius 2 is 2.00 bits per heavy atom. The van der Waals surface area contributed by atoms with Gasteiger partial charge in [-0.2, -0.15) is 0 Å². The summed E-state index contributed by atoms with van der Waals surface area (Å²) in [7, 11) is 0. The standard InChI is InChI=1S/C12H8FN3/c13-10-4-2-9(3-5-10)11-8-16-7-1-6-14-12(16)15-11/h1-8H/p+1. The van der Waals surface area contributed by atoms with Gasteiger partial charge in [0.2, 0.25) is 0 Å². The second kappa shape index (κ2) is 3.41. The van der Waals surface area contributed by atoms with Crippen LogP contribution < -0.4 is 4.40 Å². The Balaban J connectivity index is 2.15. The molecule has 1 aromatic carbocycles. The first-order chi connectivity index (χ1) is 7.83. The van der Waals surface area contributed by atoms with E-state index in [0.717, 1.165) is 17.0 Å². The maximum atomic E-state index is 12.8. The van der Waals surface area contributed by atoms with Gasteiger partial charge in [0.15, 0.2) is 0 Å². The molecule has 0 aliphatic carbocycles. The number of H-pyrrole nitrogens is 1. The number of aromatic nitrogens is 3. The van der Waals surface area contributed by atoms with E-state index < -0.39 is 0 Å². The molecule has 16 heavy (non-hydrogen) atoms. The van der Waals surface area contributed by atoms with Crippen LogP contribution in [0.5, 0.6) is 0 Å². The van der Waals surface area contributed by atoms with Crippen LogP contribution in [-0.2, 0) is 0 Å². The zero-order valence-corrected chi connectivity index (χ0v) is 8.39. The highest BCUT2D eigenvalue weighted by Crippen LogP contribution is 2.16. The number of hydrogen-bond acceptors (Lipinski definition) is 1. The average molecular weight is 214 g/mol. The summed E-state index contributed by atoms with van der Waals surface area (Å²) < 4.78 is 14.7. The predicted octanol–water partition coefficient (Wildman–Crippen LogP) is 1.95. The number of benzene rings is 1. The van der Waals surface area contributed by atoms with Crippen LogP contribution in [0.1, 0.15) is 0 Å². The Kier molecular flexibility index (Phi) is 1.93. The van der Waals surface area contributed by atoms with Gasteiger partial charge in [-0.25, -0.2) is 13.8 Å². The van der Waals surface area contributed by atoms with Crippen molar-refractivity contribution in [3.8, 4) is 11.3 Å². The van der Waals surface area contributed by atoms with E-state index in [2.05, 4.69) is 9.97 Å². The normalized spacial score (nSPS) is 10.8. The monoisotopic (exact) mass is 214 g/mol. The first kappa shape index (κ1) is 9.03. The molecule has 4 heteroatoms. The topological polar surface area (TPSA) is 32.8 Å². The van der Waals surface area contributed by atoms with Crippen LogP contribution in [0.4, 0.5) is 4.39 Å². The molecule has 2 heterocycles. The molecule has 1 N–H and O–H groups in total. The second-order valence-corrected chi connectivity index (χ2v) is 3.53. The molecule has 0 aliphatic heterocycles. The zero-order valence-electron chi connectivity index (χ0n) is 8.39. The smallest absolute Gasteiger partial charge is 0.238 e. The molecule has 3 rings (SSSR count). The summed E-state index contributed by atoms with van der Waals surface area (Å²) >= 11 is 0. The number of aromatic amines is 1. The third kappa shape index (κ3) is 1.44. The first-order valence-electron chi connectivity index (χ1n) is 4.94. The largest absolute Gasteiger partial charge is 0.401 e. The minimum Gasteiger partial charge on any atom is -0.238 e. The van der Waals surface area contributed by atoms with Gasteiger partial charge in [-0.15, -0.1) is 0 Å². The maximum Gasteiger partial charge on any atom is 0.401 e. The lowest BCUT2D eigenvalue weighted by molar-refractivity contribution is -0.512. The van der Waals surface area contributed by atoms with Gasteiger partial charge in [-0.05, 0) is 24.3 Å².